The second-order valence-corrected chi connectivity index (χ2v) is 5.25. The standard InChI is InChI=1S/C15H15BrClNO/c16-13-4-6-15(7-5-13)19-9-8-18-14-3-1-2-12(10-14)11-17/h1-7,10,18H,8-9,11H2. The van der Waals surface area contributed by atoms with Crippen molar-refractivity contribution >= 4 is 33.2 Å². The second-order valence-electron chi connectivity index (χ2n) is 4.06. The van der Waals surface area contributed by atoms with Gasteiger partial charge < -0.3 is 10.1 Å². The number of rotatable bonds is 6. The Morgan fingerprint density at radius 3 is 2.63 bits per heavy atom. The average Bonchev–Trinajstić information content (AvgIpc) is 2.46. The third-order valence-corrected chi connectivity index (χ3v) is 3.43. The molecule has 0 aliphatic carbocycles. The molecule has 0 heterocycles. The molecular weight excluding hydrogens is 326 g/mol. The molecule has 0 aromatic heterocycles. The van der Waals surface area contributed by atoms with E-state index >= 15 is 0 Å². The van der Waals surface area contributed by atoms with Crippen LogP contribution in [0, 0.1) is 0 Å². The topological polar surface area (TPSA) is 21.3 Å². The Balaban J connectivity index is 1.75. The van der Waals surface area contributed by atoms with Gasteiger partial charge in [0.25, 0.3) is 0 Å². The average molecular weight is 341 g/mol. The first kappa shape index (κ1) is 14.2. The van der Waals surface area contributed by atoms with Crippen LogP contribution >= 0.6 is 27.5 Å². The zero-order chi connectivity index (χ0) is 13.5. The van der Waals surface area contributed by atoms with Gasteiger partial charge in [0, 0.05) is 22.6 Å². The minimum atomic E-state index is 0.533. The lowest BCUT2D eigenvalue weighted by Gasteiger charge is -2.09. The van der Waals surface area contributed by atoms with Crippen molar-refractivity contribution in [2.24, 2.45) is 0 Å². The quantitative estimate of drug-likeness (QED) is 0.609. The van der Waals surface area contributed by atoms with Crippen LogP contribution in [0.1, 0.15) is 5.56 Å². The number of nitrogens with one attached hydrogen (secondary N) is 1. The Hall–Kier alpha value is -1.19. The molecule has 0 fully saturated rings. The predicted molar refractivity (Wildman–Crippen MR) is 84.1 cm³/mol. The maximum absolute atomic E-state index is 5.80. The molecule has 0 aliphatic rings. The van der Waals surface area contributed by atoms with Gasteiger partial charge in [-0.3, -0.25) is 0 Å². The molecule has 0 aliphatic heterocycles. The fraction of sp³-hybridized carbons (Fsp3) is 0.200. The molecule has 0 unspecified atom stereocenters. The molecule has 2 rings (SSSR count). The fourth-order valence-electron chi connectivity index (χ4n) is 1.66. The van der Waals surface area contributed by atoms with Crippen LogP contribution in [-0.4, -0.2) is 13.2 Å². The van der Waals surface area contributed by atoms with Gasteiger partial charge in [0.05, 0.1) is 0 Å². The Labute approximate surface area is 126 Å². The number of hydrogen-bond donors (Lipinski definition) is 1. The van der Waals surface area contributed by atoms with Crippen LogP contribution in [0.25, 0.3) is 0 Å². The van der Waals surface area contributed by atoms with Gasteiger partial charge in [-0.2, -0.15) is 0 Å². The van der Waals surface area contributed by atoms with Crippen molar-refractivity contribution in [2.45, 2.75) is 5.88 Å². The predicted octanol–water partition coefficient (Wildman–Crippen LogP) is 4.68. The first-order valence-corrected chi connectivity index (χ1v) is 7.38. The molecule has 2 aromatic carbocycles. The highest BCUT2D eigenvalue weighted by Crippen LogP contribution is 2.16. The molecule has 0 saturated heterocycles. The summed E-state index contributed by atoms with van der Waals surface area (Å²) >= 11 is 9.19. The summed E-state index contributed by atoms with van der Waals surface area (Å²) < 4.78 is 6.68. The van der Waals surface area contributed by atoms with E-state index in [1.165, 1.54) is 0 Å². The second kappa shape index (κ2) is 7.41. The molecule has 0 spiro atoms. The van der Waals surface area contributed by atoms with Crippen molar-refractivity contribution in [3.8, 4) is 5.75 Å². The summed E-state index contributed by atoms with van der Waals surface area (Å²) in [7, 11) is 0. The van der Waals surface area contributed by atoms with Crippen molar-refractivity contribution in [2.75, 3.05) is 18.5 Å². The van der Waals surface area contributed by atoms with Crippen LogP contribution in [0.3, 0.4) is 0 Å². The van der Waals surface area contributed by atoms with E-state index in [-0.39, 0.29) is 0 Å². The highest BCUT2D eigenvalue weighted by Gasteiger charge is 1.96. The van der Waals surface area contributed by atoms with Gasteiger partial charge >= 0.3 is 0 Å². The summed E-state index contributed by atoms with van der Waals surface area (Å²) in [6.07, 6.45) is 0. The lowest BCUT2D eigenvalue weighted by molar-refractivity contribution is 0.333. The van der Waals surface area contributed by atoms with Gasteiger partial charge in [-0.05, 0) is 42.0 Å². The SMILES string of the molecule is ClCc1cccc(NCCOc2ccc(Br)cc2)c1. The molecule has 1 N–H and O–H groups in total. The van der Waals surface area contributed by atoms with Gasteiger partial charge in [-0.1, -0.05) is 28.1 Å². The van der Waals surface area contributed by atoms with E-state index in [1.54, 1.807) is 0 Å². The van der Waals surface area contributed by atoms with E-state index in [0.29, 0.717) is 12.5 Å². The monoisotopic (exact) mass is 339 g/mol. The highest BCUT2D eigenvalue weighted by atomic mass is 79.9. The molecule has 0 saturated carbocycles. The summed E-state index contributed by atoms with van der Waals surface area (Å²) in [5, 5.41) is 3.31. The van der Waals surface area contributed by atoms with E-state index in [4.69, 9.17) is 16.3 Å². The lowest BCUT2D eigenvalue weighted by Crippen LogP contribution is -2.11. The summed E-state index contributed by atoms with van der Waals surface area (Å²) in [4.78, 5) is 0. The maximum Gasteiger partial charge on any atom is 0.119 e. The van der Waals surface area contributed by atoms with Crippen molar-refractivity contribution in [3.63, 3.8) is 0 Å². The smallest absolute Gasteiger partial charge is 0.119 e. The number of alkyl halides is 1. The van der Waals surface area contributed by atoms with Crippen LogP contribution in [-0.2, 0) is 5.88 Å². The molecule has 100 valence electrons. The Kier molecular flexibility index (Phi) is 5.55. The maximum atomic E-state index is 5.80. The molecule has 0 radical (unpaired) electrons. The minimum absolute atomic E-state index is 0.533. The van der Waals surface area contributed by atoms with Crippen molar-refractivity contribution in [1.29, 1.82) is 0 Å². The molecule has 2 nitrogen and oxygen atoms in total. The molecule has 2 aromatic rings. The Bertz CT molecular complexity index is 516. The normalized spacial score (nSPS) is 10.2. The highest BCUT2D eigenvalue weighted by molar-refractivity contribution is 9.10. The number of ether oxygens (including phenoxy) is 1. The summed E-state index contributed by atoms with van der Waals surface area (Å²) in [5.41, 5.74) is 2.18. The number of benzene rings is 2. The third-order valence-electron chi connectivity index (χ3n) is 2.59. The first-order chi connectivity index (χ1) is 9.28. The minimum Gasteiger partial charge on any atom is -0.492 e. The molecule has 0 atom stereocenters. The van der Waals surface area contributed by atoms with E-state index in [0.717, 1.165) is 28.0 Å². The number of hydrogen-bond acceptors (Lipinski definition) is 2. The van der Waals surface area contributed by atoms with Crippen LogP contribution in [0.15, 0.2) is 53.0 Å². The van der Waals surface area contributed by atoms with Gasteiger partial charge in [0.15, 0.2) is 0 Å². The largest absolute Gasteiger partial charge is 0.492 e. The van der Waals surface area contributed by atoms with Crippen LogP contribution in [0.5, 0.6) is 5.75 Å². The Morgan fingerprint density at radius 2 is 1.89 bits per heavy atom. The third kappa shape index (κ3) is 4.77. The van der Waals surface area contributed by atoms with Crippen LogP contribution < -0.4 is 10.1 Å². The van der Waals surface area contributed by atoms with Gasteiger partial charge in [-0.15, -0.1) is 11.6 Å². The summed E-state index contributed by atoms with van der Waals surface area (Å²) in [6.45, 7) is 1.37. The van der Waals surface area contributed by atoms with Gasteiger partial charge in [-0.25, -0.2) is 0 Å². The fourth-order valence-corrected chi connectivity index (χ4v) is 2.09. The number of anilines is 1. The van der Waals surface area contributed by atoms with E-state index in [2.05, 4.69) is 21.2 Å². The summed E-state index contributed by atoms with van der Waals surface area (Å²) in [6, 6.07) is 15.9. The molecule has 0 bridgehead atoms. The molecule has 19 heavy (non-hydrogen) atoms. The van der Waals surface area contributed by atoms with Crippen LogP contribution in [0.2, 0.25) is 0 Å². The lowest BCUT2D eigenvalue weighted by atomic mass is 10.2. The van der Waals surface area contributed by atoms with E-state index in [1.807, 2.05) is 48.5 Å². The van der Waals surface area contributed by atoms with E-state index in [9.17, 15) is 0 Å². The number of halogens is 2. The van der Waals surface area contributed by atoms with E-state index < -0.39 is 0 Å². The van der Waals surface area contributed by atoms with Crippen molar-refractivity contribution in [1.82, 2.24) is 0 Å². The van der Waals surface area contributed by atoms with Crippen molar-refractivity contribution in [3.05, 3.63) is 58.6 Å². The van der Waals surface area contributed by atoms with Gasteiger partial charge in [0.1, 0.15) is 12.4 Å². The van der Waals surface area contributed by atoms with Crippen LogP contribution in [0.4, 0.5) is 5.69 Å². The Morgan fingerprint density at radius 1 is 1.11 bits per heavy atom. The van der Waals surface area contributed by atoms with Gasteiger partial charge in [0.2, 0.25) is 0 Å². The molecule has 0 amide bonds. The summed E-state index contributed by atoms with van der Waals surface area (Å²) in [5.74, 6) is 1.41. The zero-order valence-corrected chi connectivity index (χ0v) is 12.7. The molecule has 4 heteroatoms. The zero-order valence-electron chi connectivity index (χ0n) is 10.4. The first-order valence-electron chi connectivity index (χ1n) is 6.05. The molecular formula is C15H15BrClNO. The van der Waals surface area contributed by atoms with Crippen molar-refractivity contribution < 1.29 is 4.74 Å².